The molecule has 1 aliphatic rings. The molecule has 0 saturated carbocycles. The fourth-order valence-corrected chi connectivity index (χ4v) is 7.85. The molecule has 14 heteroatoms. The molecule has 0 saturated heterocycles. The van der Waals surface area contributed by atoms with Gasteiger partial charge in [-0.3, -0.25) is 9.36 Å². The predicted molar refractivity (Wildman–Crippen MR) is 212 cm³/mol. The monoisotopic (exact) mass is 803 g/mol. The number of rotatable bonds is 13. The first kappa shape index (κ1) is 39.4. The molecule has 0 amide bonds. The molecule has 0 N–H and O–H groups in total. The number of carbonyl (C=O) groups is 2. The second kappa shape index (κ2) is 17.0. The molecule has 0 aliphatic carbocycles. The fourth-order valence-electron chi connectivity index (χ4n) is 6.35. The largest absolute Gasteiger partial charge is 0.490 e. The van der Waals surface area contributed by atoms with Crippen LogP contribution in [0.25, 0.3) is 11.8 Å². The van der Waals surface area contributed by atoms with Gasteiger partial charge < -0.3 is 28.3 Å². The Bertz CT molecular complexity index is 2480. The Kier molecular flexibility index (Phi) is 12.2. The number of thiazole rings is 1. The summed E-state index contributed by atoms with van der Waals surface area (Å²) in [6, 6.07) is 19.2. The van der Waals surface area contributed by atoms with E-state index in [0.717, 1.165) is 28.2 Å². The van der Waals surface area contributed by atoms with Crippen molar-refractivity contribution in [2.75, 3.05) is 26.9 Å². The SMILES string of the molecule is CCOC(=O)C1=C(C)N=c2s/c(=C/c3cc(C)n(-c4ccc(OCc5ccc(Cl)cc5Cl)cc4)c3C)c(=O)n2[C@@H]1c1ccc(OCC(=O)OC)c(OCC)c1. The number of allylic oxidation sites excluding steroid dienone is 1. The minimum Gasteiger partial charge on any atom is -0.490 e. The van der Waals surface area contributed by atoms with Gasteiger partial charge in [-0.2, -0.15) is 0 Å². The van der Waals surface area contributed by atoms with Crippen molar-refractivity contribution >= 4 is 52.6 Å². The number of benzene rings is 3. The Morgan fingerprint density at radius 1 is 0.909 bits per heavy atom. The zero-order chi connectivity index (χ0) is 39.4. The lowest BCUT2D eigenvalue weighted by atomic mass is 9.95. The summed E-state index contributed by atoms with van der Waals surface area (Å²) in [6.07, 6.45) is 1.85. The van der Waals surface area contributed by atoms with E-state index < -0.39 is 18.0 Å². The van der Waals surface area contributed by atoms with E-state index in [-0.39, 0.29) is 24.3 Å². The van der Waals surface area contributed by atoms with Gasteiger partial charge in [-0.15, -0.1) is 0 Å². The highest BCUT2D eigenvalue weighted by Gasteiger charge is 2.34. The molecule has 6 rings (SSSR count). The van der Waals surface area contributed by atoms with Crippen LogP contribution in [0, 0.1) is 13.8 Å². The van der Waals surface area contributed by atoms with Gasteiger partial charge in [0.25, 0.3) is 5.56 Å². The van der Waals surface area contributed by atoms with Gasteiger partial charge in [0.2, 0.25) is 0 Å². The molecule has 3 heterocycles. The van der Waals surface area contributed by atoms with Gasteiger partial charge >= 0.3 is 11.9 Å². The highest BCUT2D eigenvalue weighted by Crippen LogP contribution is 2.36. The van der Waals surface area contributed by atoms with Gasteiger partial charge in [-0.05, 0) is 106 Å². The Morgan fingerprint density at radius 2 is 1.67 bits per heavy atom. The summed E-state index contributed by atoms with van der Waals surface area (Å²) in [4.78, 5) is 44.8. The normalized spacial score (nSPS) is 14.0. The number of hydrogen-bond donors (Lipinski definition) is 0. The van der Waals surface area contributed by atoms with Crippen molar-refractivity contribution in [2.24, 2.45) is 4.99 Å². The number of fused-ring (bicyclic) bond motifs is 1. The van der Waals surface area contributed by atoms with Crippen LogP contribution in [-0.2, 0) is 25.7 Å². The van der Waals surface area contributed by atoms with Gasteiger partial charge in [-0.25, -0.2) is 14.6 Å². The average molecular weight is 805 g/mol. The van der Waals surface area contributed by atoms with Gasteiger partial charge in [0.1, 0.15) is 12.4 Å². The summed E-state index contributed by atoms with van der Waals surface area (Å²) < 4.78 is 31.8. The van der Waals surface area contributed by atoms with E-state index in [9.17, 15) is 14.4 Å². The van der Waals surface area contributed by atoms with E-state index >= 15 is 0 Å². The minimum absolute atomic E-state index is 0.140. The third kappa shape index (κ3) is 8.36. The molecule has 0 unspecified atom stereocenters. The summed E-state index contributed by atoms with van der Waals surface area (Å²) in [5.41, 5.74) is 5.41. The molecule has 0 spiro atoms. The third-order valence-corrected chi connectivity index (χ3v) is 10.5. The van der Waals surface area contributed by atoms with Crippen LogP contribution in [0.5, 0.6) is 17.2 Å². The first-order valence-electron chi connectivity index (χ1n) is 17.5. The predicted octanol–water partition coefficient (Wildman–Crippen LogP) is 7.04. The van der Waals surface area contributed by atoms with Crippen LogP contribution in [-0.4, -0.2) is 48.0 Å². The van der Waals surface area contributed by atoms with E-state index in [2.05, 4.69) is 4.57 Å². The summed E-state index contributed by atoms with van der Waals surface area (Å²) >= 11 is 13.6. The lowest BCUT2D eigenvalue weighted by molar-refractivity contribution is -0.143. The zero-order valence-electron chi connectivity index (χ0n) is 31.1. The third-order valence-electron chi connectivity index (χ3n) is 8.93. The van der Waals surface area contributed by atoms with Crippen molar-refractivity contribution in [3.8, 4) is 22.9 Å². The Morgan fingerprint density at radius 3 is 2.36 bits per heavy atom. The molecule has 5 aromatic rings. The molecular formula is C41H39Cl2N3O8S. The van der Waals surface area contributed by atoms with Crippen LogP contribution in [0.1, 0.15) is 54.9 Å². The lowest BCUT2D eigenvalue weighted by Gasteiger charge is -2.25. The maximum atomic E-state index is 14.4. The smallest absolute Gasteiger partial charge is 0.343 e. The molecule has 55 heavy (non-hydrogen) atoms. The van der Waals surface area contributed by atoms with Crippen LogP contribution < -0.4 is 29.1 Å². The summed E-state index contributed by atoms with van der Waals surface area (Å²) in [6.45, 7) is 9.67. The molecule has 1 atom stereocenters. The molecule has 11 nitrogen and oxygen atoms in total. The second-order valence-corrected chi connectivity index (χ2v) is 14.3. The molecule has 286 valence electrons. The number of nitrogens with zero attached hydrogens (tertiary/aromatic N) is 3. The van der Waals surface area contributed by atoms with Crippen molar-refractivity contribution < 1.29 is 33.3 Å². The number of ether oxygens (including phenoxy) is 5. The van der Waals surface area contributed by atoms with E-state index in [1.54, 1.807) is 44.2 Å². The Hall–Kier alpha value is -5.30. The summed E-state index contributed by atoms with van der Waals surface area (Å²) in [7, 11) is 1.27. The second-order valence-electron chi connectivity index (χ2n) is 12.5. The van der Waals surface area contributed by atoms with Gasteiger partial charge in [-0.1, -0.05) is 46.7 Å². The Labute approximate surface area is 331 Å². The van der Waals surface area contributed by atoms with Crippen LogP contribution in [0.3, 0.4) is 0 Å². The first-order chi connectivity index (χ1) is 26.4. The van der Waals surface area contributed by atoms with Crippen molar-refractivity contribution in [1.82, 2.24) is 9.13 Å². The van der Waals surface area contributed by atoms with Crippen molar-refractivity contribution in [2.45, 2.75) is 47.3 Å². The van der Waals surface area contributed by atoms with Gasteiger partial charge in [0, 0.05) is 32.7 Å². The van der Waals surface area contributed by atoms with Crippen LogP contribution >= 0.6 is 34.5 Å². The van der Waals surface area contributed by atoms with Crippen molar-refractivity contribution in [1.29, 1.82) is 0 Å². The van der Waals surface area contributed by atoms with E-state index in [0.29, 0.717) is 61.1 Å². The van der Waals surface area contributed by atoms with E-state index in [4.69, 9.17) is 51.9 Å². The first-order valence-corrected chi connectivity index (χ1v) is 19.0. The van der Waals surface area contributed by atoms with E-state index in [1.165, 1.54) is 23.0 Å². The molecule has 2 aromatic heterocycles. The zero-order valence-corrected chi connectivity index (χ0v) is 33.4. The fraction of sp³-hybridized carbons (Fsp3) is 0.268. The number of methoxy groups -OCH3 is 1. The maximum Gasteiger partial charge on any atom is 0.343 e. The number of aryl methyl sites for hydroxylation is 1. The van der Waals surface area contributed by atoms with Crippen molar-refractivity contribution in [3.63, 3.8) is 0 Å². The Balaban J connectivity index is 1.36. The van der Waals surface area contributed by atoms with Crippen LogP contribution in [0.2, 0.25) is 10.0 Å². The molecule has 0 bridgehead atoms. The topological polar surface area (TPSA) is 120 Å². The van der Waals surface area contributed by atoms with Gasteiger partial charge in [0.15, 0.2) is 22.9 Å². The molecule has 3 aromatic carbocycles. The molecule has 0 radical (unpaired) electrons. The number of halogens is 2. The quantitative estimate of drug-likeness (QED) is 0.116. The standard InChI is InChI=1S/C41H39Cl2N3O8S/c1-7-51-34-18-26(10-16-33(34)54-22-36(47)50-6)38-37(40(49)52-8-2)24(4)44-41-46(38)39(48)35(55-41)19-28-17-23(3)45(25(28)5)30-12-14-31(15-13-30)53-21-27-9-11-29(42)20-32(27)43/h9-20,38H,7-8,21-22H2,1-6H3/b35-19+/t38-/m1/s1. The van der Waals surface area contributed by atoms with E-state index in [1.807, 2.05) is 63.2 Å². The summed E-state index contributed by atoms with van der Waals surface area (Å²) in [5.74, 6) is 0.189. The molecule has 1 aliphatic heterocycles. The number of hydrogen-bond acceptors (Lipinski definition) is 10. The molecule has 0 fully saturated rings. The minimum atomic E-state index is -0.879. The highest BCUT2D eigenvalue weighted by atomic mass is 35.5. The number of aromatic nitrogens is 2. The summed E-state index contributed by atoms with van der Waals surface area (Å²) in [5, 5.41) is 1.11. The maximum absolute atomic E-state index is 14.4. The van der Waals surface area contributed by atoms with Crippen LogP contribution in [0.4, 0.5) is 0 Å². The molecular weight excluding hydrogens is 765 g/mol. The van der Waals surface area contributed by atoms with Crippen molar-refractivity contribution in [3.05, 3.63) is 136 Å². The van der Waals surface area contributed by atoms with Gasteiger partial charge in [0.05, 0.1) is 42.2 Å². The average Bonchev–Trinajstić information content (AvgIpc) is 3.62. The number of esters is 2. The number of carbonyl (C=O) groups excluding carboxylic acids is 2. The van der Waals surface area contributed by atoms with Crippen LogP contribution in [0.15, 0.2) is 87.8 Å². The highest BCUT2D eigenvalue weighted by molar-refractivity contribution is 7.07. The lowest BCUT2D eigenvalue weighted by Crippen LogP contribution is -2.40.